The maximum Gasteiger partial charge on any atom is 0.303 e. The van der Waals surface area contributed by atoms with Gasteiger partial charge in [-0.2, -0.15) is 0 Å². The number of rotatable bonds is 7. The van der Waals surface area contributed by atoms with E-state index in [4.69, 9.17) is 9.52 Å². The Morgan fingerprint density at radius 1 is 1.37 bits per heavy atom. The Hall–Kier alpha value is -1.78. The second kappa shape index (κ2) is 6.97. The van der Waals surface area contributed by atoms with Crippen LogP contribution in [0, 0.1) is 19.8 Å². The molecule has 1 unspecified atom stereocenters. The number of hydrogen-bond donors (Lipinski definition) is 2. The number of amides is 1. The SMILES string of the molecule is Cc1cc(C(=O)NCCC(C)CCC(=O)O)c(C)o1. The first-order valence-corrected chi connectivity index (χ1v) is 6.47. The molecule has 5 heteroatoms. The molecule has 0 aliphatic carbocycles. The highest BCUT2D eigenvalue weighted by molar-refractivity contribution is 5.95. The van der Waals surface area contributed by atoms with Crippen LogP contribution < -0.4 is 5.32 Å². The fraction of sp³-hybridized carbons (Fsp3) is 0.571. The van der Waals surface area contributed by atoms with Gasteiger partial charge in [-0.05, 0) is 38.7 Å². The Labute approximate surface area is 113 Å². The molecular formula is C14H21NO4. The fourth-order valence-corrected chi connectivity index (χ4v) is 1.90. The first kappa shape index (κ1) is 15.3. The summed E-state index contributed by atoms with van der Waals surface area (Å²) in [7, 11) is 0. The van der Waals surface area contributed by atoms with Gasteiger partial charge in [0.2, 0.25) is 0 Å². The monoisotopic (exact) mass is 267 g/mol. The number of carbonyl (C=O) groups is 2. The molecule has 0 aromatic carbocycles. The van der Waals surface area contributed by atoms with Gasteiger partial charge >= 0.3 is 5.97 Å². The molecule has 1 amide bonds. The molecule has 2 N–H and O–H groups in total. The minimum Gasteiger partial charge on any atom is -0.481 e. The van der Waals surface area contributed by atoms with Gasteiger partial charge in [-0.3, -0.25) is 9.59 Å². The van der Waals surface area contributed by atoms with E-state index in [1.807, 2.05) is 6.92 Å². The molecule has 0 saturated carbocycles. The predicted molar refractivity (Wildman–Crippen MR) is 71.2 cm³/mol. The van der Waals surface area contributed by atoms with Crippen LogP contribution in [0.25, 0.3) is 0 Å². The van der Waals surface area contributed by atoms with Gasteiger partial charge < -0.3 is 14.8 Å². The van der Waals surface area contributed by atoms with Crippen molar-refractivity contribution in [3.8, 4) is 0 Å². The van der Waals surface area contributed by atoms with Crippen LogP contribution in [0.5, 0.6) is 0 Å². The number of carboxylic acids is 1. The lowest BCUT2D eigenvalue weighted by molar-refractivity contribution is -0.137. The lowest BCUT2D eigenvalue weighted by Gasteiger charge is -2.10. The Kier molecular flexibility index (Phi) is 5.60. The van der Waals surface area contributed by atoms with Gasteiger partial charge in [-0.1, -0.05) is 6.92 Å². The van der Waals surface area contributed by atoms with Crippen LogP contribution in [0.1, 0.15) is 48.1 Å². The number of furan rings is 1. The summed E-state index contributed by atoms with van der Waals surface area (Å²) in [4.78, 5) is 22.3. The molecular weight excluding hydrogens is 246 g/mol. The summed E-state index contributed by atoms with van der Waals surface area (Å²) >= 11 is 0. The highest BCUT2D eigenvalue weighted by atomic mass is 16.4. The maximum absolute atomic E-state index is 11.9. The summed E-state index contributed by atoms with van der Waals surface area (Å²) in [5, 5.41) is 11.4. The van der Waals surface area contributed by atoms with Crippen LogP contribution in [0.2, 0.25) is 0 Å². The van der Waals surface area contributed by atoms with E-state index in [2.05, 4.69) is 5.32 Å². The van der Waals surface area contributed by atoms with E-state index in [0.29, 0.717) is 24.3 Å². The molecule has 1 atom stereocenters. The lowest BCUT2D eigenvalue weighted by atomic mass is 10.0. The zero-order chi connectivity index (χ0) is 14.4. The van der Waals surface area contributed by atoms with Gasteiger partial charge in [-0.15, -0.1) is 0 Å². The van der Waals surface area contributed by atoms with E-state index in [-0.39, 0.29) is 18.2 Å². The molecule has 0 bridgehead atoms. The van der Waals surface area contributed by atoms with Crippen molar-refractivity contribution in [2.45, 2.75) is 40.0 Å². The third kappa shape index (κ3) is 5.16. The third-order valence-corrected chi connectivity index (χ3v) is 3.06. The van der Waals surface area contributed by atoms with Crippen molar-refractivity contribution in [2.75, 3.05) is 6.54 Å². The highest BCUT2D eigenvalue weighted by Crippen LogP contribution is 2.14. The van der Waals surface area contributed by atoms with E-state index in [0.717, 1.165) is 12.2 Å². The average molecular weight is 267 g/mol. The van der Waals surface area contributed by atoms with Crippen molar-refractivity contribution in [3.05, 3.63) is 23.2 Å². The molecule has 0 saturated heterocycles. The van der Waals surface area contributed by atoms with Gasteiger partial charge in [0, 0.05) is 13.0 Å². The predicted octanol–water partition coefficient (Wildman–Crippen LogP) is 2.52. The van der Waals surface area contributed by atoms with Crippen LogP contribution in [-0.2, 0) is 4.79 Å². The van der Waals surface area contributed by atoms with Crippen LogP contribution in [0.15, 0.2) is 10.5 Å². The van der Waals surface area contributed by atoms with Crippen molar-refractivity contribution >= 4 is 11.9 Å². The number of aryl methyl sites for hydroxylation is 2. The highest BCUT2D eigenvalue weighted by Gasteiger charge is 2.13. The second-order valence-corrected chi connectivity index (χ2v) is 4.91. The average Bonchev–Trinajstić information content (AvgIpc) is 2.65. The van der Waals surface area contributed by atoms with Crippen LogP contribution >= 0.6 is 0 Å². The standard InChI is InChI=1S/C14H21NO4/c1-9(4-5-13(16)17)6-7-15-14(18)12-8-10(2)19-11(12)3/h8-9H,4-7H2,1-3H3,(H,15,18)(H,16,17). The molecule has 5 nitrogen and oxygen atoms in total. The Morgan fingerprint density at radius 3 is 2.58 bits per heavy atom. The fourth-order valence-electron chi connectivity index (χ4n) is 1.90. The Bertz CT molecular complexity index is 450. The van der Waals surface area contributed by atoms with E-state index < -0.39 is 5.97 Å². The van der Waals surface area contributed by atoms with Crippen LogP contribution in [0.3, 0.4) is 0 Å². The molecule has 0 fully saturated rings. The van der Waals surface area contributed by atoms with Gasteiger partial charge in [0.15, 0.2) is 0 Å². The maximum atomic E-state index is 11.9. The van der Waals surface area contributed by atoms with Crippen molar-refractivity contribution in [3.63, 3.8) is 0 Å². The Balaban J connectivity index is 2.31. The van der Waals surface area contributed by atoms with E-state index in [9.17, 15) is 9.59 Å². The molecule has 106 valence electrons. The normalized spacial score (nSPS) is 12.2. The summed E-state index contributed by atoms with van der Waals surface area (Å²) in [6, 6.07) is 1.72. The minimum absolute atomic E-state index is 0.139. The number of carbonyl (C=O) groups excluding carboxylic acids is 1. The van der Waals surface area contributed by atoms with Crippen molar-refractivity contribution in [1.82, 2.24) is 5.32 Å². The number of carboxylic acid groups (broad SMARTS) is 1. The zero-order valence-corrected chi connectivity index (χ0v) is 11.7. The summed E-state index contributed by atoms with van der Waals surface area (Å²) < 4.78 is 5.30. The number of hydrogen-bond acceptors (Lipinski definition) is 3. The topological polar surface area (TPSA) is 79.5 Å². The van der Waals surface area contributed by atoms with E-state index in [1.165, 1.54) is 0 Å². The smallest absolute Gasteiger partial charge is 0.303 e. The van der Waals surface area contributed by atoms with Gasteiger partial charge in [0.25, 0.3) is 5.91 Å². The molecule has 1 aromatic heterocycles. The van der Waals surface area contributed by atoms with E-state index in [1.54, 1.807) is 19.9 Å². The summed E-state index contributed by atoms with van der Waals surface area (Å²) in [5.74, 6) is 0.704. The molecule has 0 aliphatic heterocycles. The number of aliphatic carboxylic acids is 1. The molecule has 0 radical (unpaired) electrons. The van der Waals surface area contributed by atoms with Crippen LogP contribution in [0.4, 0.5) is 0 Å². The molecule has 0 aliphatic rings. The van der Waals surface area contributed by atoms with Crippen molar-refractivity contribution in [1.29, 1.82) is 0 Å². The first-order chi connectivity index (χ1) is 8.90. The lowest BCUT2D eigenvalue weighted by Crippen LogP contribution is -2.25. The quantitative estimate of drug-likeness (QED) is 0.795. The molecule has 1 aromatic rings. The molecule has 0 spiro atoms. The van der Waals surface area contributed by atoms with Crippen LogP contribution in [-0.4, -0.2) is 23.5 Å². The van der Waals surface area contributed by atoms with Gasteiger partial charge in [-0.25, -0.2) is 0 Å². The summed E-state index contributed by atoms with van der Waals surface area (Å²) in [5.41, 5.74) is 0.565. The van der Waals surface area contributed by atoms with Crippen molar-refractivity contribution < 1.29 is 19.1 Å². The largest absolute Gasteiger partial charge is 0.481 e. The minimum atomic E-state index is -0.777. The number of nitrogens with one attached hydrogen (secondary N) is 1. The van der Waals surface area contributed by atoms with Gasteiger partial charge in [0.05, 0.1) is 5.56 Å². The summed E-state index contributed by atoms with van der Waals surface area (Å²) in [6.45, 7) is 6.10. The molecule has 19 heavy (non-hydrogen) atoms. The molecule has 1 rings (SSSR count). The third-order valence-electron chi connectivity index (χ3n) is 3.06. The van der Waals surface area contributed by atoms with E-state index >= 15 is 0 Å². The molecule has 1 heterocycles. The second-order valence-electron chi connectivity index (χ2n) is 4.91. The zero-order valence-electron chi connectivity index (χ0n) is 11.7. The first-order valence-electron chi connectivity index (χ1n) is 6.47. The van der Waals surface area contributed by atoms with Gasteiger partial charge in [0.1, 0.15) is 11.5 Å². The summed E-state index contributed by atoms with van der Waals surface area (Å²) in [6.07, 6.45) is 1.58. The van der Waals surface area contributed by atoms with Crippen molar-refractivity contribution in [2.24, 2.45) is 5.92 Å². The Morgan fingerprint density at radius 2 is 2.05 bits per heavy atom.